The fourth-order valence-corrected chi connectivity index (χ4v) is 2.56. The second kappa shape index (κ2) is 2.61. The molecule has 0 amide bonds. The van der Waals surface area contributed by atoms with E-state index in [0.29, 0.717) is 26.4 Å². The lowest BCUT2D eigenvalue weighted by Crippen LogP contribution is -2.47. The molecule has 4 rings (SSSR count). The zero-order valence-corrected chi connectivity index (χ0v) is 8.18. The Hall–Kier alpha value is -0.460. The first-order chi connectivity index (χ1) is 7.35. The van der Waals surface area contributed by atoms with Crippen molar-refractivity contribution in [2.45, 2.75) is 23.8 Å². The van der Waals surface area contributed by atoms with E-state index in [1.807, 2.05) is 12.2 Å². The van der Waals surface area contributed by atoms with Crippen LogP contribution in [0.5, 0.6) is 0 Å². The third kappa shape index (κ3) is 0.996. The molecule has 5 heteroatoms. The number of epoxide rings is 1. The average Bonchev–Trinajstić information content (AvgIpc) is 2.77. The van der Waals surface area contributed by atoms with Gasteiger partial charge in [-0.05, 0) is 12.2 Å². The maximum atomic E-state index is 5.59. The van der Waals surface area contributed by atoms with Gasteiger partial charge in [-0.25, -0.2) is 0 Å². The van der Waals surface area contributed by atoms with Gasteiger partial charge < -0.3 is 23.7 Å². The molecule has 1 aliphatic carbocycles. The van der Waals surface area contributed by atoms with Crippen molar-refractivity contribution >= 4 is 0 Å². The van der Waals surface area contributed by atoms with Crippen molar-refractivity contribution in [2.24, 2.45) is 0 Å². The van der Waals surface area contributed by atoms with Crippen LogP contribution in [0.3, 0.4) is 0 Å². The monoisotopic (exact) mass is 212 g/mol. The van der Waals surface area contributed by atoms with E-state index in [1.165, 1.54) is 0 Å². The van der Waals surface area contributed by atoms with Crippen LogP contribution in [0.1, 0.15) is 0 Å². The predicted octanol–water partition coefficient (Wildman–Crippen LogP) is -0.190. The van der Waals surface area contributed by atoms with Crippen LogP contribution in [-0.4, -0.2) is 50.2 Å². The molecule has 0 N–H and O–H groups in total. The molecule has 5 nitrogen and oxygen atoms in total. The van der Waals surface area contributed by atoms with E-state index in [0.717, 1.165) is 0 Å². The van der Waals surface area contributed by atoms with Gasteiger partial charge in [-0.15, -0.1) is 0 Å². The summed E-state index contributed by atoms with van der Waals surface area (Å²) in [5, 5.41) is 0. The molecule has 0 bridgehead atoms. The van der Waals surface area contributed by atoms with Crippen LogP contribution in [0.4, 0.5) is 0 Å². The van der Waals surface area contributed by atoms with Crippen LogP contribution in [0.2, 0.25) is 0 Å². The fraction of sp³-hybridized carbons (Fsp3) is 0.800. The number of hydrogen-bond acceptors (Lipinski definition) is 5. The first-order valence-corrected chi connectivity index (χ1v) is 5.26. The molecule has 0 unspecified atom stereocenters. The molecule has 0 saturated carbocycles. The van der Waals surface area contributed by atoms with E-state index in [4.69, 9.17) is 23.7 Å². The van der Waals surface area contributed by atoms with Gasteiger partial charge in [-0.2, -0.15) is 0 Å². The first kappa shape index (κ1) is 8.66. The Labute approximate surface area is 86.9 Å². The van der Waals surface area contributed by atoms with Crippen molar-refractivity contribution in [3.8, 4) is 0 Å². The van der Waals surface area contributed by atoms with Gasteiger partial charge in [0.2, 0.25) is 11.6 Å². The molecule has 82 valence electrons. The maximum Gasteiger partial charge on any atom is 0.218 e. The Balaban J connectivity index is 1.70. The van der Waals surface area contributed by atoms with Crippen molar-refractivity contribution in [3.63, 3.8) is 0 Å². The van der Waals surface area contributed by atoms with Crippen molar-refractivity contribution in [2.75, 3.05) is 26.4 Å². The Morgan fingerprint density at radius 1 is 0.733 bits per heavy atom. The van der Waals surface area contributed by atoms with Crippen LogP contribution in [0.15, 0.2) is 12.2 Å². The van der Waals surface area contributed by atoms with E-state index < -0.39 is 11.6 Å². The van der Waals surface area contributed by atoms with E-state index >= 15 is 0 Å². The quantitative estimate of drug-likeness (QED) is 0.411. The smallest absolute Gasteiger partial charge is 0.218 e. The topological polar surface area (TPSA) is 49.5 Å². The Bertz CT molecular complexity index is 284. The van der Waals surface area contributed by atoms with Crippen molar-refractivity contribution < 1.29 is 23.7 Å². The van der Waals surface area contributed by atoms with Crippen molar-refractivity contribution in [3.05, 3.63) is 12.2 Å². The molecule has 0 aromatic heterocycles. The Morgan fingerprint density at radius 2 is 1.13 bits per heavy atom. The third-order valence-corrected chi connectivity index (χ3v) is 3.31. The van der Waals surface area contributed by atoms with E-state index in [2.05, 4.69) is 0 Å². The number of hydrogen-bond donors (Lipinski definition) is 0. The molecule has 0 aromatic rings. The van der Waals surface area contributed by atoms with Gasteiger partial charge in [0, 0.05) is 0 Å². The normalized spacial score (nSPS) is 43.7. The Morgan fingerprint density at radius 3 is 1.53 bits per heavy atom. The number of fused-ring (bicyclic) bond motifs is 3. The van der Waals surface area contributed by atoms with Gasteiger partial charge in [-0.3, -0.25) is 0 Å². The summed E-state index contributed by atoms with van der Waals surface area (Å²) < 4.78 is 28.0. The minimum absolute atomic E-state index is 0.0805. The average molecular weight is 212 g/mol. The van der Waals surface area contributed by atoms with Gasteiger partial charge in [0.1, 0.15) is 12.2 Å². The van der Waals surface area contributed by atoms with E-state index in [1.54, 1.807) is 0 Å². The minimum Gasteiger partial charge on any atom is -0.357 e. The van der Waals surface area contributed by atoms with Crippen LogP contribution in [0, 0.1) is 0 Å². The molecular weight excluding hydrogens is 200 g/mol. The summed E-state index contributed by atoms with van der Waals surface area (Å²) in [6.45, 7) is 2.47. The van der Waals surface area contributed by atoms with Gasteiger partial charge >= 0.3 is 0 Å². The number of rotatable bonds is 0. The van der Waals surface area contributed by atoms with Crippen LogP contribution in [0.25, 0.3) is 0 Å². The predicted molar refractivity (Wildman–Crippen MR) is 47.1 cm³/mol. The molecule has 4 aliphatic rings. The largest absolute Gasteiger partial charge is 0.357 e. The molecule has 0 aromatic carbocycles. The van der Waals surface area contributed by atoms with Crippen LogP contribution in [-0.2, 0) is 23.7 Å². The molecule has 3 saturated heterocycles. The molecular formula is C10H12O5. The fourth-order valence-electron chi connectivity index (χ4n) is 2.56. The summed E-state index contributed by atoms with van der Waals surface area (Å²) in [6, 6.07) is 0. The van der Waals surface area contributed by atoms with E-state index in [9.17, 15) is 0 Å². The van der Waals surface area contributed by atoms with Crippen LogP contribution >= 0.6 is 0 Å². The summed E-state index contributed by atoms with van der Waals surface area (Å²) in [5.41, 5.74) is 0. The minimum atomic E-state index is -0.675. The highest BCUT2D eigenvalue weighted by Crippen LogP contribution is 2.51. The molecule has 3 heterocycles. The lowest BCUT2D eigenvalue weighted by molar-refractivity contribution is -0.158. The zero-order valence-electron chi connectivity index (χ0n) is 8.18. The summed E-state index contributed by atoms with van der Waals surface area (Å²) in [4.78, 5) is 0. The summed E-state index contributed by atoms with van der Waals surface area (Å²) in [5.74, 6) is -1.35. The number of ether oxygens (including phenoxy) is 5. The highest BCUT2D eigenvalue weighted by molar-refractivity contribution is 5.25. The third-order valence-electron chi connectivity index (χ3n) is 3.31. The van der Waals surface area contributed by atoms with Crippen molar-refractivity contribution in [1.29, 1.82) is 0 Å². The summed E-state index contributed by atoms with van der Waals surface area (Å²) >= 11 is 0. The standard InChI is InChI=1S/C10H12O5/c1-2-10(13-5-6-14-10)8-7(15-8)9(1)11-3-4-12-9/h1-2,7-8H,3-6H2/t7-,8-/m1/s1. The van der Waals surface area contributed by atoms with Gasteiger partial charge in [0.05, 0.1) is 26.4 Å². The Kier molecular flexibility index (Phi) is 1.51. The lowest BCUT2D eigenvalue weighted by Gasteiger charge is -2.30. The molecule has 0 radical (unpaired) electrons. The van der Waals surface area contributed by atoms with Crippen molar-refractivity contribution in [1.82, 2.24) is 0 Å². The summed E-state index contributed by atoms with van der Waals surface area (Å²) in [7, 11) is 0. The van der Waals surface area contributed by atoms with E-state index in [-0.39, 0.29) is 12.2 Å². The summed E-state index contributed by atoms with van der Waals surface area (Å²) in [6.07, 6.45) is 3.59. The van der Waals surface area contributed by atoms with Crippen LogP contribution < -0.4 is 0 Å². The van der Waals surface area contributed by atoms with Gasteiger partial charge in [-0.1, -0.05) is 0 Å². The highest BCUT2D eigenvalue weighted by Gasteiger charge is 2.69. The SMILES string of the molecule is C1=CC2(OCCO2)[C@@H]2O[C@H]2C12OCCO2. The molecule has 2 atom stereocenters. The zero-order chi connectivity index (χ0) is 9.93. The second-order valence-corrected chi connectivity index (χ2v) is 4.15. The maximum absolute atomic E-state index is 5.59. The molecule has 3 aliphatic heterocycles. The molecule has 15 heavy (non-hydrogen) atoms. The second-order valence-electron chi connectivity index (χ2n) is 4.15. The first-order valence-electron chi connectivity index (χ1n) is 5.26. The molecule has 2 spiro atoms. The lowest BCUT2D eigenvalue weighted by atomic mass is 9.96. The van der Waals surface area contributed by atoms with Gasteiger partial charge in [0.25, 0.3) is 0 Å². The van der Waals surface area contributed by atoms with Gasteiger partial charge in [0.15, 0.2) is 0 Å². The highest BCUT2D eigenvalue weighted by atomic mass is 16.8. The molecule has 3 fully saturated rings.